The summed E-state index contributed by atoms with van der Waals surface area (Å²) in [4.78, 5) is 25.9. The summed E-state index contributed by atoms with van der Waals surface area (Å²) in [5.41, 5.74) is 1.06. The van der Waals surface area contributed by atoms with Gasteiger partial charge in [0.05, 0.1) is 12.1 Å². The van der Waals surface area contributed by atoms with E-state index in [-0.39, 0.29) is 24.0 Å². The number of hydrogen-bond acceptors (Lipinski definition) is 3. The molecule has 1 heterocycles. The minimum Gasteiger partial charge on any atom is -0.447 e. The molecular formula is C16H21NO3. The van der Waals surface area contributed by atoms with Crippen LogP contribution < -0.4 is 0 Å². The second-order valence-corrected chi connectivity index (χ2v) is 5.56. The summed E-state index contributed by atoms with van der Waals surface area (Å²) in [7, 11) is 0. The zero-order valence-corrected chi connectivity index (χ0v) is 12.2. The number of amides is 1. The third-order valence-electron chi connectivity index (χ3n) is 3.50. The van der Waals surface area contributed by atoms with Crippen molar-refractivity contribution in [2.45, 2.75) is 51.8 Å². The van der Waals surface area contributed by atoms with Crippen LogP contribution in [0.3, 0.4) is 0 Å². The van der Waals surface area contributed by atoms with Gasteiger partial charge in [0.25, 0.3) is 0 Å². The SMILES string of the molecule is CC(C)OC(=O)N1C(C)CC(=O)[C@@H]1Cc1ccccc1. The number of rotatable bonds is 3. The van der Waals surface area contributed by atoms with E-state index >= 15 is 0 Å². The molecule has 2 rings (SSSR count). The summed E-state index contributed by atoms with van der Waals surface area (Å²) in [6.45, 7) is 5.52. The van der Waals surface area contributed by atoms with E-state index in [1.54, 1.807) is 4.90 Å². The van der Waals surface area contributed by atoms with Crippen molar-refractivity contribution in [3.8, 4) is 0 Å². The average Bonchev–Trinajstić information content (AvgIpc) is 2.64. The van der Waals surface area contributed by atoms with E-state index < -0.39 is 6.04 Å². The highest BCUT2D eigenvalue weighted by atomic mass is 16.6. The molecule has 4 nitrogen and oxygen atoms in total. The van der Waals surface area contributed by atoms with E-state index in [2.05, 4.69) is 0 Å². The fourth-order valence-electron chi connectivity index (χ4n) is 2.61. The second kappa shape index (κ2) is 6.07. The molecule has 4 heteroatoms. The van der Waals surface area contributed by atoms with Gasteiger partial charge in [-0.15, -0.1) is 0 Å². The Kier molecular flexibility index (Phi) is 4.42. The fourth-order valence-corrected chi connectivity index (χ4v) is 2.61. The van der Waals surface area contributed by atoms with Crippen molar-refractivity contribution in [3.05, 3.63) is 35.9 Å². The Balaban J connectivity index is 2.15. The summed E-state index contributed by atoms with van der Waals surface area (Å²) in [6.07, 6.45) is 0.393. The summed E-state index contributed by atoms with van der Waals surface area (Å²) in [5, 5.41) is 0. The average molecular weight is 275 g/mol. The monoisotopic (exact) mass is 275 g/mol. The maximum Gasteiger partial charge on any atom is 0.410 e. The Labute approximate surface area is 119 Å². The third kappa shape index (κ3) is 3.18. The van der Waals surface area contributed by atoms with Crippen molar-refractivity contribution in [3.63, 3.8) is 0 Å². The number of hydrogen-bond donors (Lipinski definition) is 0. The van der Waals surface area contributed by atoms with Crippen LogP contribution in [0.2, 0.25) is 0 Å². The number of nitrogens with zero attached hydrogens (tertiary/aromatic N) is 1. The van der Waals surface area contributed by atoms with Gasteiger partial charge in [-0.1, -0.05) is 30.3 Å². The van der Waals surface area contributed by atoms with Crippen molar-refractivity contribution in [2.75, 3.05) is 0 Å². The van der Waals surface area contributed by atoms with Gasteiger partial charge < -0.3 is 4.74 Å². The lowest BCUT2D eigenvalue weighted by molar-refractivity contribution is -0.119. The van der Waals surface area contributed by atoms with Crippen molar-refractivity contribution >= 4 is 11.9 Å². The molecule has 0 aromatic heterocycles. The number of benzene rings is 1. The first kappa shape index (κ1) is 14.6. The van der Waals surface area contributed by atoms with E-state index in [1.807, 2.05) is 51.1 Å². The molecule has 108 valence electrons. The van der Waals surface area contributed by atoms with Crippen LogP contribution in [0.1, 0.15) is 32.8 Å². The molecular weight excluding hydrogens is 254 g/mol. The Morgan fingerprint density at radius 3 is 2.60 bits per heavy atom. The molecule has 1 saturated heterocycles. The zero-order chi connectivity index (χ0) is 14.7. The highest BCUT2D eigenvalue weighted by Gasteiger charge is 2.41. The molecule has 2 atom stereocenters. The molecule has 0 saturated carbocycles. The van der Waals surface area contributed by atoms with Gasteiger partial charge in [0, 0.05) is 18.9 Å². The molecule has 1 aromatic rings. The molecule has 0 spiro atoms. The van der Waals surface area contributed by atoms with Crippen LogP contribution in [0.15, 0.2) is 30.3 Å². The van der Waals surface area contributed by atoms with E-state index in [1.165, 1.54) is 0 Å². The molecule has 20 heavy (non-hydrogen) atoms. The summed E-state index contributed by atoms with van der Waals surface area (Å²) in [5.74, 6) is 0.113. The Morgan fingerprint density at radius 2 is 2.00 bits per heavy atom. The molecule has 1 unspecified atom stereocenters. The fraction of sp³-hybridized carbons (Fsp3) is 0.500. The molecule has 0 aliphatic carbocycles. The molecule has 1 aliphatic heterocycles. The molecule has 1 fully saturated rings. The topological polar surface area (TPSA) is 46.6 Å². The van der Waals surface area contributed by atoms with Crippen LogP contribution in [0.25, 0.3) is 0 Å². The van der Waals surface area contributed by atoms with Gasteiger partial charge in [0.1, 0.15) is 0 Å². The number of ether oxygens (including phenoxy) is 1. The predicted octanol–water partition coefficient (Wildman–Crippen LogP) is 2.81. The Morgan fingerprint density at radius 1 is 1.35 bits per heavy atom. The lowest BCUT2D eigenvalue weighted by atomic mass is 10.0. The first-order chi connectivity index (χ1) is 9.49. The van der Waals surface area contributed by atoms with Gasteiger partial charge in [-0.25, -0.2) is 4.79 Å². The van der Waals surface area contributed by atoms with Crippen molar-refractivity contribution < 1.29 is 14.3 Å². The second-order valence-electron chi connectivity index (χ2n) is 5.56. The maximum atomic E-state index is 12.2. The van der Waals surface area contributed by atoms with Gasteiger partial charge in [0.2, 0.25) is 0 Å². The lowest BCUT2D eigenvalue weighted by Crippen LogP contribution is -2.43. The number of likely N-dealkylation sites (tertiary alicyclic amines) is 1. The van der Waals surface area contributed by atoms with Gasteiger partial charge >= 0.3 is 6.09 Å². The largest absolute Gasteiger partial charge is 0.447 e. The molecule has 0 N–H and O–H groups in total. The zero-order valence-electron chi connectivity index (χ0n) is 12.2. The van der Waals surface area contributed by atoms with Crippen molar-refractivity contribution in [1.82, 2.24) is 4.90 Å². The van der Waals surface area contributed by atoms with Crippen molar-refractivity contribution in [1.29, 1.82) is 0 Å². The van der Waals surface area contributed by atoms with Crippen molar-refractivity contribution in [2.24, 2.45) is 0 Å². The first-order valence-corrected chi connectivity index (χ1v) is 7.04. The number of carbonyl (C=O) groups excluding carboxylic acids is 2. The van der Waals surface area contributed by atoms with Gasteiger partial charge in [0.15, 0.2) is 5.78 Å². The molecule has 1 aliphatic rings. The van der Waals surface area contributed by atoms with Crippen LogP contribution in [-0.2, 0) is 16.0 Å². The smallest absolute Gasteiger partial charge is 0.410 e. The quantitative estimate of drug-likeness (QED) is 0.852. The van der Waals surface area contributed by atoms with Crippen LogP contribution in [0.5, 0.6) is 0 Å². The summed E-state index contributed by atoms with van der Waals surface area (Å²) in [6, 6.07) is 9.27. The number of Topliss-reactive ketones (excluding diaryl/α,β-unsaturated/α-hetero) is 1. The third-order valence-corrected chi connectivity index (χ3v) is 3.50. The maximum absolute atomic E-state index is 12.2. The number of ketones is 1. The molecule has 0 radical (unpaired) electrons. The van der Waals surface area contributed by atoms with Gasteiger partial charge in [-0.2, -0.15) is 0 Å². The predicted molar refractivity (Wildman–Crippen MR) is 76.5 cm³/mol. The normalized spacial score (nSPS) is 22.4. The van der Waals surface area contributed by atoms with Crippen LogP contribution in [-0.4, -0.2) is 35.0 Å². The highest BCUT2D eigenvalue weighted by molar-refractivity contribution is 5.91. The first-order valence-electron chi connectivity index (χ1n) is 7.04. The Bertz CT molecular complexity index is 484. The van der Waals surface area contributed by atoms with E-state index in [9.17, 15) is 9.59 Å². The summed E-state index contributed by atoms with van der Waals surface area (Å²) >= 11 is 0. The van der Waals surface area contributed by atoms with Crippen LogP contribution in [0, 0.1) is 0 Å². The minimum atomic E-state index is -0.404. The van der Waals surface area contributed by atoms with E-state index in [4.69, 9.17) is 4.74 Å². The number of carbonyl (C=O) groups is 2. The van der Waals surface area contributed by atoms with Crippen LogP contribution in [0.4, 0.5) is 4.79 Å². The van der Waals surface area contributed by atoms with Gasteiger partial charge in [-0.05, 0) is 26.3 Å². The Hall–Kier alpha value is -1.84. The highest BCUT2D eigenvalue weighted by Crippen LogP contribution is 2.25. The van der Waals surface area contributed by atoms with E-state index in [0.29, 0.717) is 12.8 Å². The molecule has 1 aromatic carbocycles. The lowest BCUT2D eigenvalue weighted by Gasteiger charge is -2.27. The van der Waals surface area contributed by atoms with E-state index in [0.717, 1.165) is 5.56 Å². The molecule has 0 bridgehead atoms. The summed E-state index contributed by atoms with van der Waals surface area (Å²) < 4.78 is 5.26. The van der Waals surface area contributed by atoms with Crippen LogP contribution >= 0.6 is 0 Å². The van der Waals surface area contributed by atoms with Gasteiger partial charge in [-0.3, -0.25) is 9.69 Å². The molecule has 1 amide bonds. The minimum absolute atomic E-state index is 0.0949. The standard InChI is InChI=1S/C16H21NO3/c1-11(2)20-16(19)17-12(3)9-15(18)14(17)10-13-7-5-4-6-8-13/h4-8,11-12,14H,9-10H2,1-3H3/t12?,14-/m0/s1.